The molecule has 0 radical (unpaired) electrons. The highest BCUT2D eigenvalue weighted by atomic mass is 32.4. The zero-order valence-electron chi connectivity index (χ0n) is 14.7. The first-order valence-corrected chi connectivity index (χ1v) is 11.5. The summed E-state index contributed by atoms with van der Waals surface area (Å²) in [6, 6.07) is 26.7. The number of hydrogen-bond donors (Lipinski definition) is 0. The molecule has 0 N–H and O–H groups in total. The largest absolute Gasteiger partial charge is 0.427 e. The summed E-state index contributed by atoms with van der Waals surface area (Å²) >= 11 is 6.26. The van der Waals surface area contributed by atoms with Crippen LogP contribution in [0, 0.1) is 0 Å². The van der Waals surface area contributed by atoms with Gasteiger partial charge in [0.15, 0.2) is 0 Å². The van der Waals surface area contributed by atoms with Crippen molar-refractivity contribution in [2.24, 2.45) is 0 Å². The zero-order valence-corrected chi connectivity index (χ0v) is 16.4. The van der Waals surface area contributed by atoms with Gasteiger partial charge in [0.25, 0.3) is 0 Å². The number of ether oxygens (including phenoxy) is 1. The molecule has 0 atom stereocenters. The molecule has 3 aromatic carbocycles. The monoisotopic (exact) mass is 380 g/mol. The molecule has 0 bridgehead atoms. The minimum atomic E-state index is -1.88. The van der Waals surface area contributed by atoms with Crippen molar-refractivity contribution >= 4 is 34.4 Å². The Kier molecular flexibility index (Phi) is 6.03. The molecule has 0 amide bonds. The van der Waals surface area contributed by atoms with Crippen molar-refractivity contribution in [3.8, 4) is 5.75 Å². The number of benzene rings is 3. The normalized spacial score (nSPS) is 11.1. The van der Waals surface area contributed by atoms with Crippen LogP contribution in [-0.2, 0) is 23.0 Å². The second-order valence-electron chi connectivity index (χ2n) is 6.12. The first kappa shape index (κ1) is 18.6. The van der Waals surface area contributed by atoms with Crippen LogP contribution in [0.3, 0.4) is 0 Å². The lowest BCUT2D eigenvalue weighted by atomic mass is 10.2. The van der Waals surface area contributed by atoms with E-state index in [2.05, 4.69) is 48.5 Å². The minimum absolute atomic E-state index is 0.304. The Labute approximate surface area is 159 Å². The molecule has 0 aromatic heterocycles. The van der Waals surface area contributed by atoms with Crippen molar-refractivity contribution in [2.75, 3.05) is 6.16 Å². The molecule has 2 nitrogen and oxygen atoms in total. The fourth-order valence-electron chi connectivity index (χ4n) is 2.92. The van der Waals surface area contributed by atoms with Gasteiger partial charge in [-0.3, -0.25) is 4.79 Å². The summed E-state index contributed by atoms with van der Waals surface area (Å²) in [7, 11) is 0. The second kappa shape index (κ2) is 8.44. The fraction of sp³-hybridized carbons (Fsp3) is 0.136. The number of aryl methyl sites for hydroxylation is 1. The summed E-state index contributed by atoms with van der Waals surface area (Å²) in [5, 5.41) is 2.50. The van der Waals surface area contributed by atoms with Crippen LogP contribution in [0.15, 0.2) is 84.9 Å². The average Bonchev–Trinajstić information content (AvgIpc) is 2.68. The highest BCUT2D eigenvalue weighted by Gasteiger charge is 2.21. The lowest BCUT2D eigenvalue weighted by Crippen LogP contribution is -2.19. The predicted octanol–water partition coefficient (Wildman–Crippen LogP) is 4.28. The quantitative estimate of drug-likeness (QED) is 0.363. The van der Waals surface area contributed by atoms with E-state index in [9.17, 15) is 4.79 Å². The van der Waals surface area contributed by atoms with E-state index in [-0.39, 0.29) is 5.97 Å². The molecule has 0 aliphatic heterocycles. The lowest BCUT2D eigenvalue weighted by Gasteiger charge is -2.23. The second-order valence-corrected chi connectivity index (χ2v) is 11.0. The SMILES string of the molecule is CC(=O)Oc1ccc(CCP(=S)(c2ccccc2)c2ccccc2)cc1. The summed E-state index contributed by atoms with van der Waals surface area (Å²) in [6.45, 7) is 1.41. The van der Waals surface area contributed by atoms with Gasteiger partial charge in [0, 0.05) is 13.0 Å². The first-order chi connectivity index (χ1) is 12.6. The van der Waals surface area contributed by atoms with Crippen LogP contribution in [0.1, 0.15) is 12.5 Å². The maximum absolute atomic E-state index is 11.0. The molecule has 0 aliphatic rings. The molecular formula is C22H21O2PS. The summed E-state index contributed by atoms with van der Waals surface area (Å²) in [5.41, 5.74) is 1.20. The Morgan fingerprint density at radius 2 is 1.35 bits per heavy atom. The van der Waals surface area contributed by atoms with E-state index in [0.29, 0.717) is 5.75 Å². The third-order valence-corrected chi connectivity index (χ3v) is 9.18. The van der Waals surface area contributed by atoms with E-state index in [1.807, 2.05) is 36.4 Å². The Bertz CT molecular complexity index is 862. The molecule has 0 saturated heterocycles. The smallest absolute Gasteiger partial charge is 0.308 e. The summed E-state index contributed by atoms with van der Waals surface area (Å²) in [6.07, 6.45) is 1.81. The number of rotatable bonds is 6. The molecule has 4 heteroatoms. The van der Waals surface area contributed by atoms with Gasteiger partial charge >= 0.3 is 5.97 Å². The molecule has 0 fully saturated rings. The van der Waals surface area contributed by atoms with Gasteiger partial charge < -0.3 is 4.74 Å². The van der Waals surface area contributed by atoms with Crippen molar-refractivity contribution in [1.29, 1.82) is 0 Å². The summed E-state index contributed by atoms with van der Waals surface area (Å²) < 4.78 is 5.10. The number of carbonyl (C=O) groups is 1. The van der Waals surface area contributed by atoms with Crippen LogP contribution in [0.5, 0.6) is 5.75 Å². The van der Waals surface area contributed by atoms with E-state index in [1.165, 1.54) is 23.1 Å². The van der Waals surface area contributed by atoms with E-state index >= 15 is 0 Å². The average molecular weight is 380 g/mol. The molecule has 3 rings (SSSR count). The maximum atomic E-state index is 11.0. The van der Waals surface area contributed by atoms with Gasteiger partial charge in [-0.2, -0.15) is 0 Å². The van der Waals surface area contributed by atoms with Gasteiger partial charge in [0.05, 0.1) is 0 Å². The zero-order chi connectivity index (χ0) is 18.4. The molecule has 3 aromatic rings. The van der Waals surface area contributed by atoms with E-state index in [0.717, 1.165) is 12.6 Å². The van der Waals surface area contributed by atoms with Gasteiger partial charge in [-0.05, 0) is 40.9 Å². The highest BCUT2D eigenvalue weighted by Crippen LogP contribution is 2.44. The predicted molar refractivity (Wildman–Crippen MR) is 113 cm³/mol. The third-order valence-electron chi connectivity index (χ3n) is 4.25. The third kappa shape index (κ3) is 4.49. The molecule has 0 unspecified atom stereocenters. The molecule has 0 heterocycles. The van der Waals surface area contributed by atoms with Crippen LogP contribution >= 0.6 is 6.04 Å². The van der Waals surface area contributed by atoms with Crippen molar-refractivity contribution in [1.82, 2.24) is 0 Å². The van der Waals surface area contributed by atoms with Crippen molar-refractivity contribution < 1.29 is 9.53 Å². The van der Waals surface area contributed by atoms with Crippen LogP contribution in [0.25, 0.3) is 0 Å². The van der Waals surface area contributed by atoms with Crippen molar-refractivity contribution in [2.45, 2.75) is 13.3 Å². The minimum Gasteiger partial charge on any atom is -0.427 e. The van der Waals surface area contributed by atoms with Crippen molar-refractivity contribution in [3.63, 3.8) is 0 Å². The molecule has 26 heavy (non-hydrogen) atoms. The number of carbonyl (C=O) groups excluding carboxylic acids is 1. The summed E-state index contributed by atoms with van der Waals surface area (Å²) in [5.74, 6) is 0.271. The van der Waals surface area contributed by atoms with Gasteiger partial charge in [-0.1, -0.05) is 84.6 Å². The number of esters is 1. The fourth-order valence-corrected chi connectivity index (χ4v) is 6.62. The maximum Gasteiger partial charge on any atom is 0.308 e. The standard InChI is InChI=1S/C22H21O2PS/c1-18(23)24-20-14-12-19(13-15-20)16-17-25(26,21-8-4-2-5-9-21)22-10-6-3-7-11-22/h2-15H,16-17H2,1H3. The molecule has 0 aliphatic carbocycles. The molecule has 0 spiro atoms. The van der Waals surface area contributed by atoms with Gasteiger partial charge in [0.2, 0.25) is 0 Å². The van der Waals surface area contributed by atoms with Crippen LogP contribution < -0.4 is 15.3 Å². The van der Waals surface area contributed by atoms with Crippen LogP contribution in [0.4, 0.5) is 0 Å². The Morgan fingerprint density at radius 1 is 0.846 bits per heavy atom. The van der Waals surface area contributed by atoms with E-state index < -0.39 is 6.04 Å². The van der Waals surface area contributed by atoms with Gasteiger partial charge in [-0.15, -0.1) is 0 Å². The van der Waals surface area contributed by atoms with Crippen molar-refractivity contribution in [3.05, 3.63) is 90.5 Å². The van der Waals surface area contributed by atoms with Gasteiger partial charge in [0.1, 0.15) is 5.75 Å². The first-order valence-electron chi connectivity index (χ1n) is 8.55. The molecular weight excluding hydrogens is 359 g/mol. The molecule has 132 valence electrons. The topological polar surface area (TPSA) is 26.3 Å². The molecule has 0 saturated carbocycles. The Balaban J connectivity index is 1.83. The van der Waals surface area contributed by atoms with Gasteiger partial charge in [-0.25, -0.2) is 0 Å². The van der Waals surface area contributed by atoms with E-state index in [1.54, 1.807) is 0 Å². The Morgan fingerprint density at radius 3 is 1.81 bits per heavy atom. The number of hydrogen-bond acceptors (Lipinski definition) is 3. The Hall–Kier alpha value is -2.22. The highest BCUT2D eigenvalue weighted by molar-refractivity contribution is 8.21. The van der Waals surface area contributed by atoms with Crippen LogP contribution in [0.2, 0.25) is 0 Å². The summed E-state index contributed by atoms with van der Waals surface area (Å²) in [4.78, 5) is 11.0. The van der Waals surface area contributed by atoms with Crippen LogP contribution in [-0.4, -0.2) is 12.1 Å². The van der Waals surface area contributed by atoms with E-state index in [4.69, 9.17) is 16.5 Å². The lowest BCUT2D eigenvalue weighted by molar-refractivity contribution is -0.131.